The standard InChI is InChI=1S/C11H15BrClN3O2S/c1-19(17,18)16-4-2-15(3-5-16)11-9(7-13)6-10(12)8-14-11/h6,8H,2-5,7H2,1H3. The van der Waals surface area contributed by atoms with Gasteiger partial charge in [0.2, 0.25) is 10.0 Å². The number of piperazine rings is 1. The van der Waals surface area contributed by atoms with Gasteiger partial charge in [-0.25, -0.2) is 13.4 Å². The SMILES string of the molecule is CS(=O)(=O)N1CCN(c2ncc(Br)cc2CCl)CC1. The minimum atomic E-state index is -3.10. The summed E-state index contributed by atoms with van der Waals surface area (Å²) in [6, 6.07) is 1.94. The number of alkyl halides is 1. The van der Waals surface area contributed by atoms with Crippen LogP contribution in [0.3, 0.4) is 0 Å². The summed E-state index contributed by atoms with van der Waals surface area (Å²) in [6.07, 6.45) is 2.97. The molecule has 2 rings (SSSR count). The molecule has 8 heteroatoms. The number of nitrogens with zero attached hydrogens (tertiary/aromatic N) is 3. The summed E-state index contributed by atoms with van der Waals surface area (Å²) in [4.78, 5) is 6.46. The largest absolute Gasteiger partial charge is 0.354 e. The van der Waals surface area contributed by atoms with Gasteiger partial charge in [-0.1, -0.05) is 0 Å². The third kappa shape index (κ3) is 3.59. The van der Waals surface area contributed by atoms with Crippen molar-refractivity contribution in [2.24, 2.45) is 0 Å². The molecule has 0 spiro atoms. The molecule has 0 amide bonds. The average molecular weight is 369 g/mol. The summed E-state index contributed by atoms with van der Waals surface area (Å²) in [5, 5.41) is 0. The normalized spacial score (nSPS) is 17.7. The van der Waals surface area contributed by atoms with E-state index in [1.165, 1.54) is 10.6 Å². The van der Waals surface area contributed by atoms with Crippen molar-refractivity contribution in [2.45, 2.75) is 5.88 Å². The number of pyridine rings is 1. The molecule has 1 aromatic rings. The fraction of sp³-hybridized carbons (Fsp3) is 0.545. The number of rotatable bonds is 3. The van der Waals surface area contributed by atoms with E-state index < -0.39 is 10.0 Å². The van der Waals surface area contributed by atoms with Crippen LogP contribution >= 0.6 is 27.5 Å². The van der Waals surface area contributed by atoms with Gasteiger partial charge in [-0.2, -0.15) is 4.31 Å². The second-order valence-electron chi connectivity index (χ2n) is 4.42. The van der Waals surface area contributed by atoms with Crippen LogP contribution in [0.2, 0.25) is 0 Å². The Morgan fingerprint density at radius 3 is 2.53 bits per heavy atom. The predicted octanol–water partition coefficient (Wildman–Crippen LogP) is 1.66. The highest BCUT2D eigenvalue weighted by atomic mass is 79.9. The molecule has 0 bridgehead atoms. The minimum Gasteiger partial charge on any atom is -0.354 e. The Morgan fingerprint density at radius 1 is 1.37 bits per heavy atom. The van der Waals surface area contributed by atoms with Crippen LogP contribution in [0.15, 0.2) is 16.7 Å². The summed E-state index contributed by atoms with van der Waals surface area (Å²) in [5.74, 6) is 1.22. The molecule has 1 aromatic heterocycles. The van der Waals surface area contributed by atoms with Gasteiger partial charge in [0.1, 0.15) is 5.82 Å². The molecule has 0 aromatic carbocycles. The quantitative estimate of drug-likeness (QED) is 0.762. The van der Waals surface area contributed by atoms with Gasteiger partial charge in [0, 0.05) is 42.4 Å². The van der Waals surface area contributed by atoms with Gasteiger partial charge < -0.3 is 4.90 Å². The van der Waals surface area contributed by atoms with Crippen LogP contribution in [0.5, 0.6) is 0 Å². The molecule has 2 heterocycles. The van der Waals surface area contributed by atoms with Crippen LogP contribution in [0, 0.1) is 0 Å². The summed E-state index contributed by atoms with van der Waals surface area (Å²) >= 11 is 9.30. The van der Waals surface area contributed by atoms with Gasteiger partial charge in [0.15, 0.2) is 0 Å². The molecule has 0 unspecified atom stereocenters. The molecule has 0 saturated carbocycles. The summed E-state index contributed by atoms with van der Waals surface area (Å²) in [5.41, 5.74) is 0.948. The first-order chi connectivity index (χ1) is 8.91. The first-order valence-electron chi connectivity index (χ1n) is 5.82. The van der Waals surface area contributed by atoms with E-state index in [4.69, 9.17) is 11.6 Å². The molecule has 0 radical (unpaired) electrons. The van der Waals surface area contributed by atoms with E-state index in [9.17, 15) is 8.42 Å². The van der Waals surface area contributed by atoms with Gasteiger partial charge in [-0.3, -0.25) is 0 Å². The van der Waals surface area contributed by atoms with Gasteiger partial charge in [0.05, 0.1) is 12.1 Å². The maximum atomic E-state index is 11.5. The number of halogens is 2. The molecule has 19 heavy (non-hydrogen) atoms. The van der Waals surface area contributed by atoms with Crippen molar-refractivity contribution in [1.29, 1.82) is 0 Å². The zero-order valence-corrected chi connectivity index (χ0v) is 13.7. The summed E-state index contributed by atoms with van der Waals surface area (Å²) < 4.78 is 25.3. The molecule has 1 saturated heterocycles. The maximum Gasteiger partial charge on any atom is 0.211 e. The number of sulfonamides is 1. The summed E-state index contributed by atoms with van der Waals surface area (Å²) in [7, 11) is -3.10. The topological polar surface area (TPSA) is 53.5 Å². The molecule has 1 fully saturated rings. The monoisotopic (exact) mass is 367 g/mol. The summed E-state index contributed by atoms with van der Waals surface area (Å²) in [6.45, 7) is 2.23. The van der Waals surface area contributed by atoms with Crippen molar-refractivity contribution < 1.29 is 8.42 Å². The smallest absolute Gasteiger partial charge is 0.211 e. The fourth-order valence-corrected chi connectivity index (χ4v) is 3.49. The first kappa shape index (κ1) is 15.0. The van der Waals surface area contributed by atoms with Crippen LogP contribution < -0.4 is 4.90 Å². The van der Waals surface area contributed by atoms with Gasteiger partial charge in [-0.15, -0.1) is 11.6 Å². The Balaban J connectivity index is 2.14. The van der Waals surface area contributed by atoms with E-state index in [0.29, 0.717) is 32.1 Å². The highest BCUT2D eigenvalue weighted by molar-refractivity contribution is 9.10. The van der Waals surface area contributed by atoms with Crippen LogP contribution in [-0.2, 0) is 15.9 Å². The van der Waals surface area contributed by atoms with Crippen molar-refractivity contribution in [3.05, 3.63) is 22.3 Å². The van der Waals surface area contributed by atoms with E-state index in [0.717, 1.165) is 15.9 Å². The van der Waals surface area contributed by atoms with E-state index in [2.05, 4.69) is 25.8 Å². The highest BCUT2D eigenvalue weighted by Gasteiger charge is 2.25. The van der Waals surface area contributed by atoms with Gasteiger partial charge in [-0.05, 0) is 22.0 Å². The Hall–Kier alpha value is -0.370. The van der Waals surface area contributed by atoms with E-state index in [-0.39, 0.29) is 0 Å². The Kier molecular flexibility index (Phi) is 4.70. The molecule has 5 nitrogen and oxygen atoms in total. The van der Waals surface area contributed by atoms with Crippen LogP contribution in [0.4, 0.5) is 5.82 Å². The zero-order valence-electron chi connectivity index (χ0n) is 10.5. The third-order valence-electron chi connectivity index (χ3n) is 3.06. The first-order valence-corrected chi connectivity index (χ1v) is 9.00. The minimum absolute atomic E-state index is 0.383. The molecule has 106 valence electrons. The Bertz CT molecular complexity index is 559. The van der Waals surface area contributed by atoms with E-state index >= 15 is 0 Å². The lowest BCUT2D eigenvalue weighted by Gasteiger charge is -2.34. The van der Waals surface area contributed by atoms with Gasteiger partial charge in [0.25, 0.3) is 0 Å². The molecule has 1 aliphatic rings. The second kappa shape index (κ2) is 5.95. The number of hydrogen-bond donors (Lipinski definition) is 0. The second-order valence-corrected chi connectivity index (χ2v) is 7.58. The van der Waals surface area contributed by atoms with Crippen LogP contribution in [0.25, 0.3) is 0 Å². The number of aromatic nitrogens is 1. The van der Waals surface area contributed by atoms with Crippen molar-refractivity contribution in [3.8, 4) is 0 Å². The van der Waals surface area contributed by atoms with Crippen molar-refractivity contribution in [2.75, 3.05) is 37.3 Å². The fourth-order valence-electron chi connectivity index (χ4n) is 2.09. The van der Waals surface area contributed by atoms with Crippen LogP contribution in [0.1, 0.15) is 5.56 Å². The number of anilines is 1. The molecule has 0 aliphatic carbocycles. The van der Waals surface area contributed by atoms with Crippen molar-refractivity contribution in [1.82, 2.24) is 9.29 Å². The molecular weight excluding hydrogens is 354 g/mol. The third-order valence-corrected chi connectivity index (χ3v) is 5.09. The van der Waals surface area contributed by atoms with E-state index in [1.807, 2.05) is 6.07 Å². The lowest BCUT2D eigenvalue weighted by Crippen LogP contribution is -2.48. The Morgan fingerprint density at radius 2 is 2.00 bits per heavy atom. The van der Waals surface area contributed by atoms with Crippen LogP contribution in [-0.4, -0.2) is 50.1 Å². The molecule has 0 atom stereocenters. The van der Waals surface area contributed by atoms with E-state index in [1.54, 1.807) is 6.20 Å². The lowest BCUT2D eigenvalue weighted by molar-refractivity contribution is 0.386. The zero-order chi connectivity index (χ0) is 14.0. The number of hydrogen-bond acceptors (Lipinski definition) is 4. The van der Waals surface area contributed by atoms with Crippen molar-refractivity contribution >= 4 is 43.4 Å². The Labute approximate surface area is 126 Å². The molecular formula is C11H15BrClN3O2S. The lowest BCUT2D eigenvalue weighted by atomic mass is 10.2. The molecule has 1 aliphatic heterocycles. The van der Waals surface area contributed by atoms with Crippen molar-refractivity contribution in [3.63, 3.8) is 0 Å². The predicted molar refractivity (Wildman–Crippen MR) is 80.1 cm³/mol. The average Bonchev–Trinajstić information content (AvgIpc) is 2.37. The van der Waals surface area contributed by atoms with Gasteiger partial charge >= 0.3 is 0 Å². The maximum absolute atomic E-state index is 11.5. The highest BCUT2D eigenvalue weighted by Crippen LogP contribution is 2.24. The molecule has 0 N–H and O–H groups in total.